The van der Waals surface area contributed by atoms with Crippen LogP contribution < -0.4 is 10.5 Å². The smallest absolute Gasteiger partial charge is 0.258 e. The van der Waals surface area contributed by atoms with Gasteiger partial charge in [-0.2, -0.15) is 5.10 Å². The first-order valence-electron chi connectivity index (χ1n) is 11.4. The largest absolute Gasteiger partial charge is 0.369 e. The molecule has 4 aromatic heterocycles. The lowest BCUT2D eigenvalue weighted by Crippen LogP contribution is -2.35. The molecule has 0 aliphatic carbocycles. The summed E-state index contributed by atoms with van der Waals surface area (Å²) in [6.45, 7) is 8.44. The number of pyridine rings is 1. The Kier molecular flexibility index (Phi) is 4.50. The van der Waals surface area contributed by atoms with E-state index in [4.69, 9.17) is 4.98 Å². The van der Waals surface area contributed by atoms with Crippen LogP contribution in [0.25, 0.3) is 22.7 Å². The number of likely N-dealkylation sites (tertiary alicyclic amines) is 1. The molecule has 8 nitrogen and oxygen atoms in total. The van der Waals surface area contributed by atoms with E-state index in [1.54, 1.807) is 15.0 Å². The molecule has 1 atom stereocenters. The zero-order chi connectivity index (χ0) is 21.8. The van der Waals surface area contributed by atoms with Gasteiger partial charge in [-0.3, -0.25) is 14.1 Å². The second-order valence-electron chi connectivity index (χ2n) is 9.09. The quantitative estimate of drug-likeness (QED) is 0.499. The van der Waals surface area contributed by atoms with Crippen LogP contribution in [0.1, 0.15) is 30.5 Å². The maximum absolute atomic E-state index is 13.0. The fourth-order valence-electron chi connectivity index (χ4n) is 5.16. The number of hydrogen-bond acceptors (Lipinski definition) is 6. The Morgan fingerprint density at radius 1 is 0.969 bits per heavy atom. The minimum Gasteiger partial charge on any atom is -0.369 e. The lowest BCUT2D eigenvalue weighted by molar-refractivity contribution is 0.260. The number of aromatic nitrogens is 5. The molecule has 8 heteroatoms. The third-order valence-corrected chi connectivity index (χ3v) is 6.82. The first kappa shape index (κ1) is 19.4. The van der Waals surface area contributed by atoms with E-state index in [9.17, 15) is 4.79 Å². The van der Waals surface area contributed by atoms with Crippen molar-refractivity contribution in [2.24, 2.45) is 0 Å². The molecule has 0 bridgehead atoms. The van der Waals surface area contributed by atoms with Gasteiger partial charge >= 0.3 is 0 Å². The molecule has 0 unspecified atom stereocenters. The Hall–Kier alpha value is -3.26. The molecular formula is C24H27N7O. The molecule has 0 radical (unpaired) electrons. The van der Waals surface area contributed by atoms with Crippen LogP contribution in [0.4, 0.5) is 5.69 Å². The second-order valence-corrected chi connectivity index (χ2v) is 9.09. The Labute approximate surface area is 186 Å². The highest BCUT2D eigenvalue weighted by Gasteiger charge is 2.29. The molecule has 2 fully saturated rings. The predicted molar refractivity (Wildman–Crippen MR) is 124 cm³/mol. The van der Waals surface area contributed by atoms with Crippen LogP contribution in [-0.4, -0.2) is 61.1 Å². The molecule has 4 aromatic rings. The van der Waals surface area contributed by atoms with E-state index in [2.05, 4.69) is 25.9 Å². The summed E-state index contributed by atoms with van der Waals surface area (Å²) in [7, 11) is 0. The van der Waals surface area contributed by atoms with Gasteiger partial charge in [0, 0.05) is 31.4 Å². The minimum absolute atomic E-state index is 0.0940. The van der Waals surface area contributed by atoms with Crippen molar-refractivity contribution in [3.8, 4) is 11.4 Å². The Morgan fingerprint density at radius 3 is 2.66 bits per heavy atom. The van der Waals surface area contributed by atoms with Gasteiger partial charge in [0.2, 0.25) is 0 Å². The summed E-state index contributed by atoms with van der Waals surface area (Å²) in [6.07, 6.45) is 7.64. The molecule has 0 amide bonds. The fourth-order valence-corrected chi connectivity index (χ4v) is 5.16. The van der Waals surface area contributed by atoms with Gasteiger partial charge in [0.05, 0.1) is 23.3 Å². The van der Waals surface area contributed by atoms with E-state index in [1.807, 2.05) is 38.4 Å². The van der Waals surface area contributed by atoms with Crippen molar-refractivity contribution in [2.45, 2.75) is 39.2 Å². The number of imidazole rings is 1. The van der Waals surface area contributed by atoms with Crippen molar-refractivity contribution >= 4 is 17.0 Å². The predicted octanol–water partition coefficient (Wildman–Crippen LogP) is 2.70. The maximum Gasteiger partial charge on any atom is 0.258 e. The van der Waals surface area contributed by atoms with Gasteiger partial charge in [0.25, 0.3) is 5.56 Å². The van der Waals surface area contributed by atoms with Crippen LogP contribution in [0.15, 0.2) is 41.5 Å². The minimum atomic E-state index is -0.0940. The maximum atomic E-state index is 13.0. The van der Waals surface area contributed by atoms with E-state index < -0.39 is 0 Å². The lowest BCUT2D eigenvalue weighted by Gasteiger charge is -2.24. The number of nitrogens with zero attached hydrogens (tertiary/aromatic N) is 7. The van der Waals surface area contributed by atoms with Gasteiger partial charge in [-0.05, 0) is 70.0 Å². The molecule has 2 aliphatic heterocycles. The molecule has 2 saturated heterocycles. The zero-order valence-corrected chi connectivity index (χ0v) is 18.5. The summed E-state index contributed by atoms with van der Waals surface area (Å²) >= 11 is 0. The van der Waals surface area contributed by atoms with Gasteiger partial charge < -0.3 is 4.90 Å². The normalized spacial score (nSPS) is 19.6. The number of hydrogen-bond donors (Lipinski definition) is 0. The van der Waals surface area contributed by atoms with Crippen LogP contribution >= 0.6 is 0 Å². The molecule has 6 heterocycles. The standard InChI is InChI=1S/C24H27N7O/c1-16-11-21(27-31-13-17(2)25-24(16)31)20-12-23(32)30-15-18(5-6-22(30)26-20)29-10-7-19(14-29)28-8-3-4-9-28/h5-6,11-13,15,19H,3-4,7-10,14H2,1-2H3/t19-/m0/s1. The molecule has 32 heavy (non-hydrogen) atoms. The first-order valence-corrected chi connectivity index (χ1v) is 11.4. The number of aryl methyl sites for hydroxylation is 2. The molecule has 2 aliphatic rings. The summed E-state index contributed by atoms with van der Waals surface area (Å²) in [5, 5.41) is 4.63. The van der Waals surface area contributed by atoms with Crippen LogP contribution in [-0.2, 0) is 0 Å². The summed E-state index contributed by atoms with van der Waals surface area (Å²) in [4.78, 5) is 27.3. The van der Waals surface area contributed by atoms with Crippen molar-refractivity contribution in [3.05, 3.63) is 58.3 Å². The average molecular weight is 430 g/mol. The molecular weight excluding hydrogens is 402 g/mol. The summed E-state index contributed by atoms with van der Waals surface area (Å²) in [6, 6.07) is 8.17. The van der Waals surface area contributed by atoms with E-state index in [-0.39, 0.29) is 5.56 Å². The summed E-state index contributed by atoms with van der Waals surface area (Å²) in [5.41, 5.74) is 5.61. The topological polar surface area (TPSA) is 71.0 Å². The average Bonchev–Trinajstić information content (AvgIpc) is 3.53. The molecule has 0 N–H and O–H groups in total. The lowest BCUT2D eigenvalue weighted by atomic mass is 10.2. The molecule has 164 valence electrons. The molecule has 6 rings (SSSR count). The van der Waals surface area contributed by atoms with Gasteiger partial charge in [-0.15, -0.1) is 0 Å². The van der Waals surface area contributed by atoms with Gasteiger partial charge in [-0.25, -0.2) is 14.5 Å². The van der Waals surface area contributed by atoms with Gasteiger partial charge in [0.15, 0.2) is 5.65 Å². The van der Waals surface area contributed by atoms with Crippen molar-refractivity contribution in [1.29, 1.82) is 0 Å². The molecule has 0 spiro atoms. The van der Waals surface area contributed by atoms with Crippen LogP contribution in [0, 0.1) is 13.8 Å². The van der Waals surface area contributed by atoms with Crippen LogP contribution in [0.5, 0.6) is 0 Å². The van der Waals surface area contributed by atoms with Gasteiger partial charge in [0.1, 0.15) is 11.3 Å². The highest BCUT2D eigenvalue weighted by molar-refractivity contribution is 5.62. The monoisotopic (exact) mass is 429 g/mol. The number of fused-ring (bicyclic) bond motifs is 2. The summed E-state index contributed by atoms with van der Waals surface area (Å²) in [5.74, 6) is 0. The van der Waals surface area contributed by atoms with Crippen molar-refractivity contribution in [1.82, 2.24) is 28.9 Å². The fraction of sp³-hybridized carbons (Fsp3) is 0.417. The van der Waals surface area contributed by atoms with E-state index in [0.29, 0.717) is 23.1 Å². The van der Waals surface area contributed by atoms with Crippen molar-refractivity contribution < 1.29 is 0 Å². The van der Waals surface area contributed by atoms with Crippen molar-refractivity contribution in [2.75, 3.05) is 31.1 Å². The van der Waals surface area contributed by atoms with Gasteiger partial charge in [-0.1, -0.05) is 0 Å². The van der Waals surface area contributed by atoms with E-state index in [1.165, 1.54) is 32.4 Å². The highest BCUT2D eigenvalue weighted by Crippen LogP contribution is 2.26. The first-order chi connectivity index (χ1) is 15.5. The number of anilines is 1. The highest BCUT2D eigenvalue weighted by atomic mass is 16.1. The third-order valence-electron chi connectivity index (χ3n) is 6.82. The van der Waals surface area contributed by atoms with Crippen molar-refractivity contribution in [3.63, 3.8) is 0 Å². The van der Waals surface area contributed by atoms with Crippen LogP contribution in [0.2, 0.25) is 0 Å². The Morgan fingerprint density at radius 2 is 1.81 bits per heavy atom. The molecule has 0 saturated carbocycles. The van der Waals surface area contributed by atoms with E-state index >= 15 is 0 Å². The Bertz CT molecular complexity index is 1380. The Balaban J connectivity index is 1.33. The zero-order valence-electron chi connectivity index (χ0n) is 18.5. The molecule has 0 aromatic carbocycles. The third kappa shape index (κ3) is 3.26. The van der Waals surface area contributed by atoms with E-state index in [0.717, 1.165) is 35.7 Å². The SMILES string of the molecule is Cc1cn2nc(-c3cc(=O)n4cc(N5CC[C@H](N6CCCC6)C5)ccc4n3)cc(C)c2n1. The number of rotatable bonds is 3. The second kappa shape index (κ2) is 7.41. The summed E-state index contributed by atoms with van der Waals surface area (Å²) < 4.78 is 3.41. The van der Waals surface area contributed by atoms with Crippen LogP contribution in [0.3, 0.4) is 0 Å².